The Kier molecular flexibility index (Phi) is 3.32. The van der Waals surface area contributed by atoms with Crippen molar-refractivity contribution < 1.29 is 9.95 Å². The van der Waals surface area contributed by atoms with Crippen molar-refractivity contribution in [1.82, 2.24) is 0 Å². The van der Waals surface area contributed by atoms with E-state index in [4.69, 9.17) is 16.6 Å². The number of nitro groups is 1. The highest BCUT2D eigenvalue weighted by molar-refractivity contribution is 6.53. The summed E-state index contributed by atoms with van der Waals surface area (Å²) in [5, 5.41) is 22.4. The zero-order valence-electron chi connectivity index (χ0n) is 7.40. The Bertz CT molecular complexity index is 359. The van der Waals surface area contributed by atoms with Crippen molar-refractivity contribution in [3.8, 4) is 0 Å². The molecule has 7 heteroatoms. The van der Waals surface area contributed by atoms with E-state index in [2.05, 4.69) is 5.23 Å². The fourth-order valence-corrected chi connectivity index (χ4v) is 1.17. The third-order valence-corrected chi connectivity index (χ3v) is 1.76. The van der Waals surface area contributed by atoms with Gasteiger partial charge in [-0.25, -0.2) is 0 Å². The molecule has 2 N–H and O–H groups in total. The molecule has 0 spiro atoms. The molecular formula is C7H8BClN2O3. The zero-order chi connectivity index (χ0) is 10.7. The maximum Gasteiger partial charge on any atom is 0.407 e. The van der Waals surface area contributed by atoms with Crippen LogP contribution < -0.4 is 5.23 Å². The molecule has 1 rings (SSSR count). The van der Waals surface area contributed by atoms with E-state index in [1.165, 1.54) is 25.0 Å². The van der Waals surface area contributed by atoms with Gasteiger partial charge in [-0.05, 0) is 19.0 Å². The highest BCUT2D eigenvalue weighted by Gasteiger charge is 2.16. The van der Waals surface area contributed by atoms with E-state index in [1.807, 2.05) is 0 Å². The highest BCUT2D eigenvalue weighted by atomic mass is 35.5. The van der Waals surface area contributed by atoms with Gasteiger partial charge in [0.25, 0.3) is 5.69 Å². The first kappa shape index (κ1) is 10.8. The molecule has 0 fully saturated rings. The van der Waals surface area contributed by atoms with Crippen LogP contribution in [0, 0.1) is 10.1 Å². The van der Waals surface area contributed by atoms with Crippen LogP contribution in [0.2, 0.25) is 11.8 Å². The molecule has 14 heavy (non-hydrogen) atoms. The third-order valence-electron chi connectivity index (χ3n) is 1.52. The Morgan fingerprint density at radius 2 is 2.29 bits per heavy atom. The Hall–Kier alpha value is -1.27. The number of hydrogen-bond donors (Lipinski definition) is 2. The van der Waals surface area contributed by atoms with Gasteiger partial charge in [0.1, 0.15) is 5.69 Å². The minimum Gasteiger partial charge on any atom is -0.433 e. The van der Waals surface area contributed by atoms with Gasteiger partial charge in [-0.15, -0.1) is 0 Å². The van der Waals surface area contributed by atoms with E-state index < -0.39 is 12.0 Å². The molecule has 0 saturated carbocycles. The lowest BCUT2D eigenvalue weighted by molar-refractivity contribution is -0.383. The second kappa shape index (κ2) is 4.30. The molecule has 0 heterocycles. The van der Waals surface area contributed by atoms with Gasteiger partial charge in [-0.3, -0.25) is 10.1 Å². The maximum absolute atomic E-state index is 10.6. The molecule has 1 aromatic carbocycles. The van der Waals surface area contributed by atoms with Crippen molar-refractivity contribution in [1.29, 1.82) is 0 Å². The fourth-order valence-electron chi connectivity index (χ4n) is 1.00. The zero-order valence-corrected chi connectivity index (χ0v) is 8.15. The first-order chi connectivity index (χ1) is 6.50. The van der Waals surface area contributed by atoms with Gasteiger partial charge in [-0.2, -0.15) is 0 Å². The summed E-state index contributed by atoms with van der Waals surface area (Å²) in [7, 11) is -0.852. The predicted molar refractivity (Wildman–Crippen MR) is 55.6 cm³/mol. The van der Waals surface area contributed by atoms with Crippen LogP contribution in [0.25, 0.3) is 0 Å². The van der Waals surface area contributed by atoms with Crippen LogP contribution in [0.1, 0.15) is 0 Å². The molecule has 0 aliphatic carbocycles. The van der Waals surface area contributed by atoms with E-state index in [1.54, 1.807) is 0 Å². The number of nitro benzene ring substituents is 1. The smallest absolute Gasteiger partial charge is 0.407 e. The number of rotatable bonds is 3. The van der Waals surface area contributed by atoms with Crippen molar-refractivity contribution in [3.05, 3.63) is 33.3 Å². The van der Waals surface area contributed by atoms with Crippen LogP contribution in [0.3, 0.4) is 0 Å². The molecule has 74 valence electrons. The molecule has 0 saturated heterocycles. The standard InChI is InChI=1S/C7H8BClN2O3/c1-8(12)10-6-3-2-5(9)4-7(6)11(13)14/h2-4,10,12H,1H3. The normalized spacial score (nSPS) is 9.64. The van der Waals surface area contributed by atoms with E-state index in [9.17, 15) is 10.1 Å². The number of halogens is 1. The maximum atomic E-state index is 10.6. The molecule has 0 atom stereocenters. The predicted octanol–water partition coefficient (Wildman–Crippen LogP) is 1.77. The number of nitrogens with one attached hydrogen (secondary N) is 1. The monoisotopic (exact) mass is 214 g/mol. The Balaban J connectivity index is 3.08. The van der Waals surface area contributed by atoms with Gasteiger partial charge in [0.2, 0.25) is 0 Å². The van der Waals surface area contributed by atoms with Crippen LogP contribution in [0.4, 0.5) is 11.4 Å². The first-order valence-electron chi connectivity index (χ1n) is 3.89. The van der Waals surface area contributed by atoms with Gasteiger partial charge in [0, 0.05) is 11.1 Å². The van der Waals surface area contributed by atoms with Gasteiger partial charge in [0.15, 0.2) is 0 Å². The third kappa shape index (κ3) is 2.61. The molecule has 0 amide bonds. The van der Waals surface area contributed by atoms with Gasteiger partial charge < -0.3 is 10.3 Å². The molecule has 0 aromatic heterocycles. The van der Waals surface area contributed by atoms with Crippen LogP contribution >= 0.6 is 11.6 Å². The average molecular weight is 214 g/mol. The van der Waals surface area contributed by atoms with Crippen LogP contribution in [0.5, 0.6) is 0 Å². The van der Waals surface area contributed by atoms with Gasteiger partial charge in [0.05, 0.1) is 4.92 Å². The Morgan fingerprint density at radius 1 is 1.64 bits per heavy atom. The lowest BCUT2D eigenvalue weighted by atomic mass is 9.88. The summed E-state index contributed by atoms with van der Waals surface area (Å²) in [6.07, 6.45) is 0. The largest absolute Gasteiger partial charge is 0.433 e. The number of hydrogen-bond acceptors (Lipinski definition) is 4. The second-order valence-electron chi connectivity index (χ2n) is 2.74. The molecule has 0 radical (unpaired) electrons. The topological polar surface area (TPSA) is 75.4 Å². The number of anilines is 1. The highest BCUT2D eigenvalue weighted by Crippen LogP contribution is 2.27. The van der Waals surface area contributed by atoms with Crippen LogP contribution in [0.15, 0.2) is 18.2 Å². The van der Waals surface area contributed by atoms with E-state index in [-0.39, 0.29) is 16.4 Å². The lowest BCUT2D eigenvalue weighted by Gasteiger charge is -2.06. The molecule has 0 bridgehead atoms. The van der Waals surface area contributed by atoms with Crippen LogP contribution in [-0.4, -0.2) is 17.0 Å². The second-order valence-corrected chi connectivity index (χ2v) is 3.18. The molecule has 0 unspecified atom stereocenters. The van der Waals surface area contributed by atoms with Crippen molar-refractivity contribution in [2.24, 2.45) is 0 Å². The summed E-state index contributed by atoms with van der Waals surface area (Å²) in [6.45, 7) is 1.47. The van der Waals surface area contributed by atoms with Crippen molar-refractivity contribution >= 4 is 30.0 Å². The Morgan fingerprint density at radius 3 is 2.79 bits per heavy atom. The van der Waals surface area contributed by atoms with Crippen molar-refractivity contribution in [2.75, 3.05) is 5.23 Å². The van der Waals surface area contributed by atoms with Gasteiger partial charge >= 0.3 is 7.05 Å². The minimum atomic E-state index is -0.852. The molecule has 0 aliphatic heterocycles. The summed E-state index contributed by atoms with van der Waals surface area (Å²) < 4.78 is 0. The van der Waals surface area contributed by atoms with Gasteiger partial charge in [-0.1, -0.05) is 11.6 Å². The summed E-state index contributed by atoms with van der Waals surface area (Å²) in [5.74, 6) is 0. The quantitative estimate of drug-likeness (QED) is 0.457. The summed E-state index contributed by atoms with van der Waals surface area (Å²) in [5.41, 5.74) is 0.0906. The number of benzene rings is 1. The number of nitrogens with zero attached hydrogens (tertiary/aromatic N) is 1. The molecule has 1 aromatic rings. The first-order valence-corrected chi connectivity index (χ1v) is 4.27. The van der Waals surface area contributed by atoms with Crippen molar-refractivity contribution in [2.45, 2.75) is 6.82 Å². The van der Waals surface area contributed by atoms with E-state index >= 15 is 0 Å². The average Bonchev–Trinajstić information content (AvgIpc) is 2.07. The molecular weight excluding hydrogens is 206 g/mol. The summed E-state index contributed by atoms with van der Waals surface area (Å²) in [4.78, 5) is 10.0. The minimum absolute atomic E-state index is 0.154. The SMILES string of the molecule is CB(O)Nc1ccc(Cl)cc1[N+](=O)[O-]. The molecule has 0 aliphatic rings. The lowest BCUT2D eigenvalue weighted by Crippen LogP contribution is -2.20. The molecule has 5 nitrogen and oxygen atoms in total. The summed E-state index contributed by atoms with van der Waals surface area (Å²) in [6, 6.07) is 4.19. The van der Waals surface area contributed by atoms with Crippen molar-refractivity contribution in [3.63, 3.8) is 0 Å². The Labute approximate surface area is 86.0 Å². The summed E-state index contributed by atoms with van der Waals surface area (Å²) >= 11 is 5.60. The van der Waals surface area contributed by atoms with E-state index in [0.29, 0.717) is 0 Å². The van der Waals surface area contributed by atoms with E-state index in [0.717, 1.165) is 0 Å². The fraction of sp³-hybridized carbons (Fsp3) is 0.143. The van der Waals surface area contributed by atoms with Crippen LogP contribution in [-0.2, 0) is 0 Å².